The van der Waals surface area contributed by atoms with Crippen molar-refractivity contribution in [3.8, 4) is 22.6 Å². The van der Waals surface area contributed by atoms with Crippen LogP contribution in [0.4, 0.5) is 5.82 Å². The van der Waals surface area contributed by atoms with E-state index in [0.717, 1.165) is 54.0 Å². The van der Waals surface area contributed by atoms with Crippen molar-refractivity contribution >= 4 is 11.7 Å². The lowest BCUT2D eigenvalue weighted by atomic mass is 9.86. The summed E-state index contributed by atoms with van der Waals surface area (Å²) in [5.74, 6) is 2.17. The number of carbonyl (C=O) groups is 1. The van der Waals surface area contributed by atoms with Gasteiger partial charge in [0.2, 0.25) is 5.91 Å². The number of fused-ring (bicyclic) bond motifs is 1. The molecular weight excluding hydrogens is 442 g/mol. The number of pyridine rings is 1. The number of benzene rings is 1. The zero-order valence-corrected chi connectivity index (χ0v) is 21.1. The van der Waals surface area contributed by atoms with Crippen LogP contribution in [0.1, 0.15) is 42.5 Å². The first kappa shape index (κ1) is 23.2. The van der Waals surface area contributed by atoms with Crippen LogP contribution in [0.3, 0.4) is 0 Å². The maximum absolute atomic E-state index is 13.5. The molecule has 1 fully saturated rings. The standard InChI is InChI=1S/C27H33N5O3/c1-17(20-10-22(34-4)13-23(11-20)35-5)26(33)32-9-8-27(16-32)7-6-19-12-24(18(2)29-25(19)30-27)21-14-28-31(3)15-21/h10-15,17H,6-9,16H2,1-5H3,(H,29,30)/t17-,27+/m1/s1. The first-order valence-electron chi connectivity index (χ1n) is 12.1. The summed E-state index contributed by atoms with van der Waals surface area (Å²) in [5, 5.41) is 8.04. The van der Waals surface area contributed by atoms with E-state index in [1.165, 1.54) is 5.56 Å². The van der Waals surface area contributed by atoms with E-state index in [9.17, 15) is 4.79 Å². The zero-order chi connectivity index (χ0) is 24.7. The van der Waals surface area contributed by atoms with Crippen LogP contribution in [-0.4, -0.2) is 58.4 Å². The monoisotopic (exact) mass is 475 g/mol. The number of likely N-dealkylation sites (tertiary alicyclic amines) is 1. The molecule has 3 aromatic rings. The highest BCUT2D eigenvalue weighted by molar-refractivity contribution is 5.84. The van der Waals surface area contributed by atoms with Gasteiger partial charge in [-0.2, -0.15) is 5.10 Å². The van der Waals surface area contributed by atoms with Crippen LogP contribution in [0.5, 0.6) is 11.5 Å². The third-order valence-corrected chi connectivity index (χ3v) is 7.47. The second kappa shape index (κ2) is 8.91. The molecule has 1 aromatic carbocycles. The maximum atomic E-state index is 13.5. The SMILES string of the molecule is COc1cc(OC)cc([C@@H](C)C(=O)N2CC[C@@]3(CCc4cc(-c5cnn(C)c5)c(C)nc4N3)C2)c1. The molecule has 1 saturated heterocycles. The van der Waals surface area contributed by atoms with Gasteiger partial charge in [0, 0.05) is 49.2 Å². The minimum atomic E-state index is -0.285. The fraction of sp³-hybridized carbons (Fsp3) is 0.444. The van der Waals surface area contributed by atoms with Gasteiger partial charge in [0.05, 0.1) is 31.9 Å². The second-order valence-corrected chi connectivity index (χ2v) is 9.81. The quantitative estimate of drug-likeness (QED) is 0.602. The van der Waals surface area contributed by atoms with Crippen LogP contribution in [0, 0.1) is 6.92 Å². The van der Waals surface area contributed by atoms with Gasteiger partial charge < -0.3 is 19.7 Å². The molecule has 0 unspecified atom stereocenters. The van der Waals surface area contributed by atoms with Gasteiger partial charge in [0.1, 0.15) is 17.3 Å². The smallest absolute Gasteiger partial charge is 0.229 e. The summed E-state index contributed by atoms with van der Waals surface area (Å²) in [5.41, 5.74) is 5.18. The van der Waals surface area contributed by atoms with E-state index in [1.54, 1.807) is 14.2 Å². The summed E-state index contributed by atoms with van der Waals surface area (Å²) in [4.78, 5) is 20.4. The number of ether oxygens (including phenoxy) is 2. The molecule has 8 heteroatoms. The number of aryl methyl sites for hydroxylation is 3. The lowest BCUT2D eigenvalue weighted by molar-refractivity contribution is -0.131. The third-order valence-electron chi connectivity index (χ3n) is 7.47. The van der Waals surface area contributed by atoms with Crippen LogP contribution in [0.15, 0.2) is 36.7 Å². The fourth-order valence-electron chi connectivity index (χ4n) is 5.35. The van der Waals surface area contributed by atoms with Crippen LogP contribution in [0.25, 0.3) is 11.1 Å². The normalized spacial score (nSPS) is 19.9. The number of methoxy groups -OCH3 is 2. The molecule has 1 amide bonds. The van der Waals surface area contributed by atoms with Crippen molar-refractivity contribution in [1.29, 1.82) is 0 Å². The zero-order valence-electron chi connectivity index (χ0n) is 21.1. The molecule has 0 aliphatic carbocycles. The molecule has 35 heavy (non-hydrogen) atoms. The van der Waals surface area contributed by atoms with Crippen molar-refractivity contribution in [2.75, 3.05) is 32.6 Å². The molecule has 0 bridgehead atoms. The summed E-state index contributed by atoms with van der Waals surface area (Å²) >= 11 is 0. The summed E-state index contributed by atoms with van der Waals surface area (Å²) in [7, 11) is 5.17. The Hall–Kier alpha value is -3.55. The summed E-state index contributed by atoms with van der Waals surface area (Å²) in [6.07, 6.45) is 6.73. The Kier molecular flexibility index (Phi) is 5.91. The number of amides is 1. The van der Waals surface area contributed by atoms with E-state index in [1.807, 2.05) is 61.1 Å². The number of carbonyl (C=O) groups excluding carboxylic acids is 1. The number of nitrogens with zero attached hydrogens (tertiary/aromatic N) is 4. The van der Waals surface area contributed by atoms with Crippen LogP contribution in [-0.2, 0) is 18.3 Å². The lowest BCUT2D eigenvalue weighted by Gasteiger charge is -2.36. The Balaban J connectivity index is 1.32. The molecule has 0 radical (unpaired) electrons. The van der Waals surface area contributed by atoms with Gasteiger partial charge in [-0.15, -0.1) is 0 Å². The van der Waals surface area contributed by atoms with Crippen molar-refractivity contribution in [3.05, 3.63) is 53.5 Å². The maximum Gasteiger partial charge on any atom is 0.229 e. The summed E-state index contributed by atoms with van der Waals surface area (Å²) in [6, 6.07) is 7.89. The number of anilines is 1. The Morgan fingerprint density at radius 2 is 1.89 bits per heavy atom. The van der Waals surface area contributed by atoms with Gasteiger partial charge in [-0.25, -0.2) is 4.98 Å². The van der Waals surface area contributed by atoms with Crippen molar-refractivity contribution in [2.24, 2.45) is 7.05 Å². The Labute approximate surface area is 206 Å². The topological polar surface area (TPSA) is 81.5 Å². The molecule has 2 aliphatic rings. The van der Waals surface area contributed by atoms with E-state index < -0.39 is 0 Å². The highest BCUT2D eigenvalue weighted by Gasteiger charge is 2.43. The molecule has 1 N–H and O–H groups in total. The molecule has 2 aliphatic heterocycles. The van der Waals surface area contributed by atoms with Crippen LogP contribution >= 0.6 is 0 Å². The average Bonchev–Trinajstić information content (AvgIpc) is 3.48. The second-order valence-electron chi connectivity index (χ2n) is 9.81. The molecule has 2 aromatic heterocycles. The first-order chi connectivity index (χ1) is 16.8. The van der Waals surface area contributed by atoms with Gasteiger partial charge in [-0.1, -0.05) is 0 Å². The van der Waals surface area contributed by atoms with E-state index >= 15 is 0 Å². The Bertz CT molecular complexity index is 1250. The van der Waals surface area contributed by atoms with Gasteiger partial charge in [-0.05, 0) is 62.4 Å². The summed E-state index contributed by atoms with van der Waals surface area (Å²) in [6.45, 7) is 5.41. The number of hydrogen-bond acceptors (Lipinski definition) is 6. The average molecular weight is 476 g/mol. The van der Waals surface area contributed by atoms with Crippen molar-refractivity contribution in [1.82, 2.24) is 19.7 Å². The fourth-order valence-corrected chi connectivity index (χ4v) is 5.35. The minimum Gasteiger partial charge on any atom is -0.497 e. The Morgan fingerprint density at radius 1 is 1.14 bits per heavy atom. The van der Waals surface area contributed by atoms with Gasteiger partial charge in [0.15, 0.2) is 0 Å². The van der Waals surface area contributed by atoms with Crippen molar-refractivity contribution in [2.45, 2.75) is 44.6 Å². The van der Waals surface area contributed by atoms with Crippen molar-refractivity contribution < 1.29 is 14.3 Å². The van der Waals surface area contributed by atoms with Crippen LogP contribution in [0.2, 0.25) is 0 Å². The minimum absolute atomic E-state index is 0.126. The summed E-state index contributed by atoms with van der Waals surface area (Å²) < 4.78 is 12.6. The number of rotatable bonds is 5. The molecule has 4 heterocycles. The number of nitrogens with one attached hydrogen (secondary N) is 1. The first-order valence-corrected chi connectivity index (χ1v) is 12.1. The largest absolute Gasteiger partial charge is 0.497 e. The molecule has 0 saturated carbocycles. The molecule has 5 rings (SSSR count). The van der Waals surface area contributed by atoms with Gasteiger partial charge >= 0.3 is 0 Å². The molecule has 1 spiro atoms. The van der Waals surface area contributed by atoms with E-state index in [2.05, 4.69) is 16.5 Å². The van der Waals surface area contributed by atoms with E-state index in [4.69, 9.17) is 14.5 Å². The molecule has 184 valence electrons. The molecule has 8 nitrogen and oxygen atoms in total. The predicted molar refractivity (Wildman–Crippen MR) is 135 cm³/mol. The van der Waals surface area contributed by atoms with Gasteiger partial charge in [-0.3, -0.25) is 9.48 Å². The van der Waals surface area contributed by atoms with E-state index in [0.29, 0.717) is 18.0 Å². The molecule has 2 atom stereocenters. The Morgan fingerprint density at radius 3 is 2.54 bits per heavy atom. The van der Waals surface area contributed by atoms with Crippen LogP contribution < -0.4 is 14.8 Å². The lowest BCUT2D eigenvalue weighted by Crippen LogP contribution is -2.46. The third kappa shape index (κ3) is 4.33. The predicted octanol–water partition coefficient (Wildman–Crippen LogP) is 3.94. The number of hydrogen-bond donors (Lipinski definition) is 1. The van der Waals surface area contributed by atoms with Gasteiger partial charge in [0.25, 0.3) is 0 Å². The molecular formula is C27H33N5O3. The highest BCUT2D eigenvalue weighted by Crippen LogP contribution is 2.39. The number of aromatic nitrogens is 3. The van der Waals surface area contributed by atoms with Crippen molar-refractivity contribution in [3.63, 3.8) is 0 Å². The highest BCUT2D eigenvalue weighted by atomic mass is 16.5. The van der Waals surface area contributed by atoms with E-state index in [-0.39, 0.29) is 17.4 Å².